The Bertz CT molecular complexity index is 699. The normalized spacial score (nSPS) is 12.3. The molecule has 14 heteroatoms. The summed E-state index contributed by atoms with van der Waals surface area (Å²) in [7, 11) is 0. The smallest absolute Gasteiger partial charge is 0.325 e. The third-order valence-corrected chi connectivity index (χ3v) is 4.51. The molecule has 0 aliphatic rings. The van der Waals surface area contributed by atoms with E-state index < -0.39 is 24.0 Å². The van der Waals surface area contributed by atoms with E-state index >= 15 is 0 Å². The molecule has 14 nitrogen and oxygen atoms in total. The fourth-order valence-electron chi connectivity index (χ4n) is 2.60. The van der Waals surface area contributed by atoms with Gasteiger partial charge in [-0.3, -0.25) is 19.2 Å². The number of nitrogens with zero attached hydrogens (tertiary/aromatic N) is 3. The fraction of sp³-hybridized carbons (Fsp3) is 0.810. The van der Waals surface area contributed by atoms with Gasteiger partial charge in [-0.2, -0.15) is 0 Å². The fourth-order valence-corrected chi connectivity index (χ4v) is 2.60. The molecule has 0 saturated carbocycles. The van der Waals surface area contributed by atoms with Gasteiger partial charge >= 0.3 is 5.97 Å². The first-order valence-corrected chi connectivity index (χ1v) is 11.5. The van der Waals surface area contributed by atoms with Crippen molar-refractivity contribution in [3.8, 4) is 0 Å². The molecule has 0 aromatic rings. The summed E-state index contributed by atoms with van der Waals surface area (Å²) in [6.45, 7) is 7.63. The van der Waals surface area contributed by atoms with E-state index in [0.717, 1.165) is 0 Å². The van der Waals surface area contributed by atoms with Crippen LogP contribution >= 0.6 is 0 Å². The first-order valence-electron chi connectivity index (χ1n) is 11.5. The second kappa shape index (κ2) is 20.4. The van der Waals surface area contributed by atoms with Crippen LogP contribution in [0, 0.1) is 5.92 Å². The Morgan fingerprint density at radius 3 is 2.03 bits per heavy atom. The van der Waals surface area contributed by atoms with Crippen molar-refractivity contribution in [1.29, 1.82) is 0 Å². The van der Waals surface area contributed by atoms with E-state index in [2.05, 4.69) is 26.0 Å². The summed E-state index contributed by atoms with van der Waals surface area (Å²) in [5.74, 6) is -2.58. The maximum Gasteiger partial charge on any atom is 0.325 e. The van der Waals surface area contributed by atoms with Crippen LogP contribution in [0.5, 0.6) is 0 Å². The van der Waals surface area contributed by atoms with Gasteiger partial charge in [-0.1, -0.05) is 19.0 Å². The molecule has 0 aromatic heterocycles. The van der Waals surface area contributed by atoms with Gasteiger partial charge in [-0.25, -0.2) is 0 Å². The van der Waals surface area contributed by atoms with Gasteiger partial charge in [-0.05, 0) is 24.8 Å². The van der Waals surface area contributed by atoms with E-state index in [-0.39, 0.29) is 37.1 Å². The van der Waals surface area contributed by atoms with Gasteiger partial charge in [0.2, 0.25) is 17.7 Å². The largest absolute Gasteiger partial charge is 0.480 e. The van der Waals surface area contributed by atoms with Crippen molar-refractivity contribution in [3.05, 3.63) is 10.4 Å². The van der Waals surface area contributed by atoms with Crippen LogP contribution in [-0.4, -0.2) is 93.6 Å². The lowest BCUT2D eigenvalue weighted by atomic mass is 10.0. The Hall–Kier alpha value is -2.93. The first kappa shape index (κ1) is 32.1. The van der Waals surface area contributed by atoms with Crippen molar-refractivity contribution in [2.45, 2.75) is 52.1 Å². The standard InChI is InChI=1S/C21H38N6O8/c1-15(2)19(20(30)25-16(3)21(31)32)26-18(29)6-4-5-17(28)23-7-9-33-11-13-35-14-12-34-10-8-24-27-22/h15-16,19H,4-14H2,1-3H3,(H,23,28)(H,25,30)(H,26,29)(H,31,32)/t16-,19-/m0/s1. The maximum absolute atomic E-state index is 12.2. The van der Waals surface area contributed by atoms with E-state index in [1.54, 1.807) is 13.8 Å². The minimum absolute atomic E-state index is 0.0570. The summed E-state index contributed by atoms with van der Waals surface area (Å²) in [5.41, 5.74) is 8.11. The highest BCUT2D eigenvalue weighted by Crippen LogP contribution is 2.04. The molecule has 0 spiro atoms. The highest BCUT2D eigenvalue weighted by molar-refractivity contribution is 5.90. The van der Waals surface area contributed by atoms with Crippen LogP contribution in [0.1, 0.15) is 40.0 Å². The zero-order chi connectivity index (χ0) is 26.5. The molecule has 0 radical (unpaired) electrons. The number of carboxylic acids is 1. The number of rotatable bonds is 21. The van der Waals surface area contributed by atoms with Crippen LogP contribution in [0.2, 0.25) is 0 Å². The molecule has 3 amide bonds. The molecule has 0 unspecified atom stereocenters. The van der Waals surface area contributed by atoms with Crippen LogP contribution < -0.4 is 16.0 Å². The summed E-state index contributed by atoms with van der Waals surface area (Å²) in [5, 5.41) is 19.9. The van der Waals surface area contributed by atoms with Gasteiger partial charge in [0.15, 0.2) is 0 Å². The van der Waals surface area contributed by atoms with Crippen LogP contribution in [-0.2, 0) is 33.4 Å². The molecule has 0 aliphatic heterocycles. The summed E-state index contributed by atoms with van der Waals surface area (Å²) >= 11 is 0. The molecule has 0 saturated heterocycles. The van der Waals surface area contributed by atoms with E-state index in [0.29, 0.717) is 52.6 Å². The van der Waals surface area contributed by atoms with E-state index in [9.17, 15) is 19.2 Å². The first-order chi connectivity index (χ1) is 16.7. The molecule has 0 rings (SSSR count). The van der Waals surface area contributed by atoms with Gasteiger partial charge in [0.1, 0.15) is 12.1 Å². The molecule has 0 heterocycles. The number of hydrogen-bond donors (Lipinski definition) is 4. The molecule has 35 heavy (non-hydrogen) atoms. The van der Waals surface area contributed by atoms with E-state index in [1.807, 2.05) is 0 Å². The Morgan fingerprint density at radius 1 is 0.886 bits per heavy atom. The summed E-state index contributed by atoms with van der Waals surface area (Å²) in [6, 6.07) is -1.93. The second-order valence-corrected chi connectivity index (χ2v) is 7.85. The molecule has 200 valence electrons. The van der Waals surface area contributed by atoms with Crippen molar-refractivity contribution in [3.63, 3.8) is 0 Å². The third-order valence-electron chi connectivity index (χ3n) is 4.51. The van der Waals surface area contributed by atoms with Crippen molar-refractivity contribution in [1.82, 2.24) is 16.0 Å². The number of carbonyl (C=O) groups is 4. The Labute approximate surface area is 205 Å². The summed E-state index contributed by atoms with van der Waals surface area (Å²) in [4.78, 5) is 49.8. The Kier molecular flexibility index (Phi) is 18.7. The highest BCUT2D eigenvalue weighted by atomic mass is 16.5. The SMILES string of the molecule is CC(C)[C@H](NC(=O)CCCC(=O)NCCOCCOCCOCCN=[N+]=[N-])C(=O)N[C@@H](C)C(=O)O. The van der Waals surface area contributed by atoms with Crippen LogP contribution in [0.4, 0.5) is 0 Å². The second-order valence-electron chi connectivity index (χ2n) is 7.85. The lowest BCUT2D eigenvalue weighted by Gasteiger charge is -2.23. The number of hydrogen-bond acceptors (Lipinski definition) is 8. The van der Waals surface area contributed by atoms with Crippen LogP contribution in [0.3, 0.4) is 0 Å². The quantitative estimate of drug-likeness (QED) is 0.0745. The average Bonchev–Trinajstić information content (AvgIpc) is 2.80. The predicted octanol–water partition coefficient (Wildman–Crippen LogP) is 0.363. The molecular formula is C21H38N6O8. The lowest BCUT2D eigenvalue weighted by molar-refractivity contribution is -0.142. The van der Waals surface area contributed by atoms with Gasteiger partial charge in [0, 0.05) is 30.8 Å². The van der Waals surface area contributed by atoms with Crippen LogP contribution in [0.15, 0.2) is 5.11 Å². The molecule has 0 aliphatic carbocycles. The molecule has 0 aromatic carbocycles. The highest BCUT2D eigenvalue weighted by Gasteiger charge is 2.26. The number of ether oxygens (including phenoxy) is 3. The summed E-state index contributed by atoms with van der Waals surface area (Å²) < 4.78 is 15.8. The minimum atomic E-state index is -1.17. The van der Waals surface area contributed by atoms with Gasteiger partial charge in [-0.15, -0.1) is 0 Å². The van der Waals surface area contributed by atoms with Gasteiger partial charge in [0.25, 0.3) is 0 Å². The zero-order valence-electron chi connectivity index (χ0n) is 20.7. The van der Waals surface area contributed by atoms with Crippen molar-refractivity contribution in [2.75, 3.05) is 52.7 Å². The van der Waals surface area contributed by atoms with E-state index in [1.165, 1.54) is 6.92 Å². The van der Waals surface area contributed by atoms with Gasteiger partial charge < -0.3 is 35.3 Å². The van der Waals surface area contributed by atoms with Crippen molar-refractivity contribution >= 4 is 23.7 Å². The summed E-state index contributed by atoms with van der Waals surface area (Å²) in [6.07, 6.45) is 0.502. The number of nitrogens with one attached hydrogen (secondary N) is 3. The molecule has 0 fully saturated rings. The van der Waals surface area contributed by atoms with Crippen molar-refractivity contribution < 1.29 is 38.5 Å². The Balaban J connectivity index is 3.83. The predicted molar refractivity (Wildman–Crippen MR) is 125 cm³/mol. The Morgan fingerprint density at radius 2 is 1.46 bits per heavy atom. The molecule has 2 atom stereocenters. The minimum Gasteiger partial charge on any atom is -0.480 e. The lowest BCUT2D eigenvalue weighted by Crippen LogP contribution is -2.53. The zero-order valence-corrected chi connectivity index (χ0v) is 20.7. The molecule has 4 N–H and O–H groups in total. The number of carboxylic acid groups (broad SMARTS) is 1. The van der Waals surface area contributed by atoms with Gasteiger partial charge in [0.05, 0.1) is 39.6 Å². The van der Waals surface area contributed by atoms with E-state index in [4.69, 9.17) is 24.8 Å². The monoisotopic (exact) mass is 502 g/mol. The van der Waals surface area contributed by atoms with Crippen molar-refractivity contribution in [2.24, 2.45) is 11.0 Å². The molecular weight excluding hydrogens is 464 g/mol. The topological polar surface area (TPSA) is 201 Å². The average molecular weight is 503 g/mol. The number of amides is 3. The van der Waals surface area contributed by atoms with Crippen LogP contribution in [0.25, 0.3) is 10.4 Å². The third kappa shape index (κ3) is 18.1. The maximum atomic E-state index is 12.2. The number of azide groups is 1. The number of carbonyl (C=O) groups excluding carboxylic acids is 3. The molecule has 0 bridgehead atoms. The number of aliphatic carboxylic acids is 1.